The fourth-order valence-corrected chi connectivity index (χ4v) is 3.84. The van der Waals surface area contributed by atoms with E-state index < -0.39 is 11.7 Å². The Balaban J connectivity index is 1.90. The van der Waals surface area contributed by atoms with E-state index in [1.54, 1.807) is 12.1 Å². The molecule has 2 atom stereocenters. The maximum absolute atomic E-state index is 13.4. The molecule has 1 saturated carbocycles. The van der Waals surface area contributed by atoms with Crippen LogP contribution in [0.2, 0.25) is 0 Å². The highest BCUT2D eigenvalue weighted by Gasteiger charge is 2.40. The first-order valence-corrected chi connectivity index (χ1v) is 7.64. The fraction of sp³-hybridized carbons (Fsp3) is 0.625. The van der Waals surface area contributed by atoms with Crippen LogP contribution in [0, 0.1) is 11.8 Å². The Kier molecular flexibility index (Phi) is 3.86. The van der Waals surface area contributed by atoms with Gasteiger partial charge in [-0.25, -0.2) is 0 Å². The number of fused-ring (bicyclic) bond motifs is 1. The zero-order valence-electron chi connectivity index (χ0n) is 12.0. The predicted molar refractivity (Wildman–Crippen MR) is 77.2 cm³/mol. The fourth-order valence-electron chi connectivity index (χ4n) is 3.84. The molecule has 5 heteroatoms. The smallest absolute Gasteiger partial charge is 0.370 e. The molecule has 1 aliphatic heterocycles. The number of alkyl halides is 3. The molecule has 0 radical (unpaired) electrons. The average molecular weight is 298 g/mol. The van der Waals surface area contributed by atoms with E-state index in [2.05, 4.69) is 0 Å². The minimum atomic E-state index is -4.31. The molecular weight excluding hydrogens is 277 g/mol. The summed E-state index contributed by atoms with van der Waals surface area (Å²) in [6, 6.07) is 4.69. The van der Waals surface area contributed by atoms with Crippen LogP contribution in [0.4, 0.5) is 18.9 Å². The topological polar surface area (TPSA) is 29.3 Å². The van der Waals surface area contributed by atoms with Gasteiger partial charge in [0.2, 0.25) is 0 Å². The first kappa shape index (κ1) is 14.7. The SMILES string of the molecule is NCCc1ccc(N2CC3CCCC3C2)c(C(F)(F)F)c1. The number of rotatable bonds is 3. The van der Waals surface area contributed by atoms with Crippen molar-refractivity contribution >= 4 is 5.69 Å². The molecule has 2 fully saturated rings. The van der Waals surface area contributed by atoms with Crippen molar-refractivity contribution < 1.29 is 13.2 Å². The molecule has 0 bridgehead atoms. The molecule has 116 valence electrons. The van der Waals surface area contributed by atoms with E-state index in [0.717, 1.165) is 25.9 Å². The lowest BCUT2D eigenvalue weighted by Crippen LogP contribution is -2.24. The highest BCUT2D eigenvalue weighted by molar-refractivity contribution is 5.57. The van der Waals surface area contributed by atoms with Crippen LogP contribution < -0.4 is 10.6 Å². The number of hydrogen-bond donors (Lipinski definition) is 1. The summed E-state index contributed by atoms with van der Waals surface area (Å²) in [5, 5.41) is 0. The number of hydrogen-bond acceptors (Lipinski definition) is 2. The molecule has 21 heavy (non-hydrogen) atoms. The van der Waals surface area contributed by atoms with Crippen molar-refractivity contribution in [3.8, 4) is 0 Å². The lowest BCUT2D eigenvalue weighted by Gasteiger charge is -2.24. The first-order chi connectivity index (χ1) is 9.99. The number of nitrogens with zero attached hydrogens (tertiary/aromatic N) is 1. The molecule has 2 unspecified atom stereocenters. The molecule has 2 aliphatic rings. The van der Waals surface area contributed by atoms with Crippen LogP contribution in [-0.4, -0.2) is 19.6 Å². The minimum absolute atomic E-state index is 0.345. The summed E-state index contributed by atoms with van der Waals surface area (Å²) in [7, 11) is 0. The minimum Gasteiger partial charge on any atom is -0.370 e. The Morgan fingerprint density at radius 2 is 1.81 bits per heavy atom. The highest BCUT2D eigenvalue weighted by atomic mass is 19.4. The third kappa shape index (κ3) is 2.89. The van der Waals surface area contributed by atoms with E-state index in [0.29, 0.717) is 36.1 Å². The van der Waals surface area contributed by atoms with Crippen molar-refractivity contribution in [2.75, 3.05) is 24.5 Å². The monoisotopic (exact) mass is 298 g/mol. The van der Waals surface area contributed by atoms with Crippen molar-refractivity contribution in [3.63, 3.8) is 0 Å². The summed E-state index contributed by atoms with van der Waals surface area (Å²) in [5.74, 6) is 1.16. The van der Waals surface area contributed by atoms with Crippen molar-refractivity contribution in [3.05, 3.63) is 29.3 Å². The second-order valence-corrected chi connectivity index (χ2v) is 6.24. The summed E-state index contributed by atoms with van der Waals surface area (Å²) >= 11 is 0. The third-order valence-electron chi connectivity index (χ3n) is 4.87. The highest BCUT2D eigenvalue weighted by Crippen LogP contribution is 2.43. The van der Waals surface area contributed by atoms with E-state index in [1.807, 2.05) is 4.90 Å². The molecular formula is C16H21F3N2. The third-order valence-corrected chi connectivity index (χ3v) is 4.87. The van der Waals surface area contributed by atoms with Crippen LogP contribution in [0.3, 0.4) is 0 Å². The van der Waals surface area contributed by atoms with Crippen LogP contribution in [0.25, 0.3) is 0 Å². The summed E-state index contributed by atoms with van der Waals surface area (Å²) in [5.41, 5.74) is 5.95. The van der Waals surface area contributed by atoms with Gasteiger partial charge < -0.3 is 10.6 Å². The van der Waals surface area contributed by atoms with Gasteiger partial charge in [-0.15, -0.1) is 0 Å². The van der Waals surface area contributed by atoms with Crippen LogP contribution in [0.1, 0.15) is 30.4 Å². The molecule has 1 aromatic rings. The molecule has 0 amide bonds. The first-order valence-electron chi connectivity index (χ1n) is 7.64. The van der Waals surface area contributed by atoms with E-state index >= 15 is 0 Å². The molecule has 1 heterocycles. The van der Waals surface area contributed by atoms with E-state index in [4.69, 9.17) is 5.73 Å². The van der Waals surface area contributed by atoms with Gasteiger partial charge in [0.1, 0.15) is 0 Å². The summed E-state index contributed by atoms with van der Waals surface area (Å²) in [4.78, 5) is 1.93. The molecule has 0 spiro atoms. The van der Waals surface area contributed by atoms with Gasteiger partial charge in [0, 0.05) is 18.8 Å². The largest absolute Gasteiger partial charge is 0.418 e. The molecule has 3 rings (SSSR count). The Labute approximate surface area is 123 Å². The quantitative estimate of drug-likeness (QED) is 0.926. The zero-order valence-corrected chi connectivity index (χ0v) is 12.0. The Morgan fingerprint density at radius 1 is 1.14 bits per heavy atom. The molecule has 2 N–H and O–H groups in total. The second-order valence-electron chi connectivity index (χ2n) is 6.24. The van der Waals surface area contributed by atoms with Gasteiger partial charge in [-0.3, -0.25) is 0 Å². The number of benzene rings is 1. The molecule has 0 aromatic heterocycles. The van der Waals surface area contributed by atoms with Gasteiger partial charge in [0.15, 0.2) is 0 Å². The number of halogens is 3. The van der Waals surface area contributed by atoms with Gasteiger partial charge in [0.25, 0.3) is 0 Å². The van der Waals surface area contributed by atoms with E-state index in [1.165, 1.54) is 12.5 Å². The normalized spacial score (nSPS) is 25.4. The van der Waals surface area contributed by atoms with Gasteiger partial charge in [-0.1, -0.05) is 12.5 Å². The maximum atomic E-state index is 13.4. The maximum Gasteiger partial charge on any atom is 0.418 e. The summed E-state index contributed by atoms with van der Waals surface area (Å²) in [6.45, 7) is 1.90. The molecule has 1 aliphatic carbocycles. The Hall–Kier alpha value is -1.23. The van der Waals surface area contributed by atoms with Crippen molar-refractivity contribution in [2.24, 2.45) is 17.6 Å². The van der Waals surface area contributed by atoms with Gasteiger partial charge in [-0.2, -0.15) is 13.2 Å². The van der Waals surface area contributed by atoms with E-state index in [9.17, 15) is 13.2 Å². The second kappa shape index (κ2) is 5.52. The average Bonchev–Trinajstić information content (AvgIpc) is 2.98. The van der Waals surface area contributed by atoms with E-state index in [-0.39, 0.29) is 0 Å². The summed E-state index contributed by atoms with van der Waals surface area (Å²) in [6.07, 6.45) is -0.279. The summed E-state index contributed by atoms with van der Waals surface area (Å²) < 4.78 is 40.1. The standard InChI is InChI=1S/C16H21F3N2/c17-16(18,19)14-8-11(6-7-20)4-5-15(14)21-9-12-2-1-3-13(12)10-21/h4-5,8,12-13H,1-3,6-7,9-10,20H2. The zero-order chi connectivity index (χ0) is 15.0. The molecule has 1 saturated heterocycles. The van der Waals surface area contributed by atoms with Gasteiger partial charge >= 0.3 is 6.18 Å². The van der Waals surface area contributed by atoms with Crippen molar-refractivity contribution in [2.45, 2.75) is 31.9 Å². The van der Waals surface area contributed by atoms with Crippen LogP contribution in [0.5, 0.6) is 0 Å². The van der Waals surface area contributed by atoms with Crippen molar-refractivity contribution in [1.82, 2.24) is 0 Å². The Morgan fingerprint density at radius 3 is 2.38 bits per heavy atom. The van der Waals surface area contributed by atoms with Crippen LogP contribution in [0.15, 0.2) is 18.2 Å². The van der Waals surface area contributed by atoms with Crippen molar-refractivity contribution in [1.29, 1.82) is 0 Å². The van der Waals surface area contributed by atoms with Crippen LogP contribution >= 0.6 is 0 Å². The van der Waals surface area contributed by atoms with Crippen LogP contribution in [-0.2, 0) is 12.6 Å². The molecule has 2 nitrogen and oxygen atoms in total. The van der Waals surface area contributed by atoms with Gasteiger partial charge in [-0.05, 0) is 55.3 Å². The van der Waals surface area contributed by atoms with Gasteiger partial charge in [0.05, 0.1) is 5.56 Å². The lowest BCUT2D eigenvalue weighted by atomic mass is 10.0. The predicted octanol–water partition coefficient (Wildman–Crippen LogP) is 3.44. The lowest BCUT2D eigenvalue weighted by molar-refractivity contribution is -0.137. The Bertz CT molecular complexity index is 501. The number of anilines is 1. The molecule has 1 aromatic carbocycles. The number of nitrogens with two attached hydrogens (primary N) is 1.